The standard InChI is InChI=1S/C30H41NO10/c1-17(33)41-30(24(35)16-40-26(37)7-6-25(36)31-23(15-32)27(38)39)13-10-22-20-5-4-18-14-19(34)8-11-28(18,2)21(20)9-12-29(22,30)3/h14,20-23,32H,4-13,15-16H2,1-3H3,(H,31,36)(H,38,39)/t20?,21?,22?,23?,28-,29-,30-/m0/s1. The molecule has 0 spiro atoms. The fourth-order valence-electron chi connectivity index (χ4n) is 8.49. The van der Waals surface area contributed by atoms with Crippen molar-refractivity contribution in [3.8, 4) is 0 Å². The van der Waals surface area contributed by atoms with Gasteiger partial charge in [0.2, 0.25) is 11.7 Å². The Morgan fingerprint density at radius 2 is 1.73 bits per heavy atom. The maximum absolute atomic E-state index is 13.8. The summed E-state index contributed by atoms with van der Waals surface area (Å²) in [5, 5.41) is 20.0. The minimum atomic E-state index is -1.48. The van der Waals surface area contributed by atoms with E-state index >= 15 is 0 Å². The number of aliphatic hydroxyl groups is 1. The summed E-state index contributed by atoms with van der Waals surface area (Å²) in [7, 11) is 0. The Balaban J connectivity index is 1.44. The predicted octanol–water partition coefficient (Wildman–Crippen LogP) is 2.27. The molecule has 0 aromatic heterocycles. The average molecular weight is 576 g/mol. The molecule has 11 heteroatoms. The number of hydrogen-bond acceptors (Lipinski definition) is 9. The van der Waals surface area contributed by atoms with Gasteiger partial charge >= 0.3 is 17.9 Å². The van der Waals surface area contributed by atoms with Crippen LogP contribution < -0.4 is 5.32 Å². The third kappa shape index (κ3) is 5.57. The number of hydrogen-bond donors (Lipinski definition) is 3. The number of carboxylic acid groups (broad SMARTS) is 1. The van der Waals surface area contributed by atoms with Gasteiger partial charge < -0.3 is 25.0 Å². The van der Waals surface area contributed by atoms with Crippen LogP contribution in [0.3, 0.4) is 0 Å². The molecule has 3 fully saturated rings. The Morgan fingerprint density at radius 3 is 2.39 bits per heavy atom. The number of aliphatic hydroxyl groups excluding tert-OH is 1. The van der Waals surface area contributed by atoms with Gasteiger partial charge in [-0.15, -0.1) is 0 Å². The summed E-state index contributed by atoms with van der Waals surface area (Å²) >= 11 is 0. The number of carbonyl (C=O) groups excluding carboxylic acids is 5. The lowest BCUT2D eigenvalue weighted by molar-refractivity contribution is -0.191. The number of fused-ring (bicyclic) bond motifs is 5. The van der Waals surface area contributed by atoms with Crippen LogP contribution in [0.2, 0.25) is 0 Å². The van der Waals surface area contributed by atoms with Gasteiger partial charge in [0, 0.05) is 25.2 Å². The van der Waals surface area contributed by atoms with E-state index in [1.54, 1.807) is 0 Å². The van der Waals surface area contributed by atoms with E-state index in [0.29, 0.717) is 37.5 Å². The first-order valence-corrected chi connectivity index (χ1v) is 14.5. The number of carboxylic acids is 1. The van der Waals surface area contributed by atoms with Crippen molar-refractivity contribution in [1.29, 1.82) is 0 Å². The van der Waals surface area contributed by atoms with Crippen LogP contribution in [0.1, 0.15) is 85.0 Å². The number of nitrogens with one attached hydrogen (secondary N) is 1. The first kappa shape index (κ1) is 30.9. The topological polar surface area (TPSA) is 173 Å². The minimum absolute atomic E-state index is 0.0433. The van der Waals surface area contributed by atoms with E-state index in [2.05, 4.69) is 12.2 Å². The minimum Gasteiger partial charge on any atom is -0.480 e. The normalized spacial score (nSPS) is 34.7. The molecule has 3 N–H and O–H groups in total. The molecule has 226 valence electrons. The summed E-state index contributed by atoms with van der Waals surface area (Å²) in [6.45, 7) is 4.17. The zero-order valence-electron chi connectivity index (χ0n) is 24.0. The average Bonchev–Trinajstić information content (AvgIpc) is 3.21. The van der Waals surface area contributed by atoms with E-state index in [1.807, 2.05) is 13.0 Å². The van der Waals surface area contributed by atoms with E-state index in [9.17, 15) is 28.8 Å². The maximum Gasteiger partial charge on any atom is 0.328 e. The Hall–Kier alpha value is -3.08. The second-order valence-corrected chi connectivity index (χ2v) is 12.6. The molecule has 7 atom stereocenters. The first-order chi connectivity index (χ1) is 19.3. The molecule has 0 heterocycles. The Morgan fingerprint density at radius 1 is 1.02 bits per heavy atom. The monoisotopic (exact) mass is 575 g/mol. The molecule has 4 rings (SSSR count). The highest BCUT2D eigenvalue weighted by molar-refractivity contribution is 5.94. The van der Waals surface area contributed by atoms with Crippen LogP contribution in [0.4, 0.5) is 0 Å². The summed E-state index contributed by atoms with van der Waals surface area (Å²) in [4.78, 5) is 73.5. The zero-order valence-corrected chi connectivity index (χ0v) is 24.0. The van der Waals surface area contributed by atoms with Crippen LogP contribution in [-0.4, -0.2) is 70.5 Å². The van der Waals surface area contributed by atoms with Crippen molar-refractivity contribution in [3.63, 3.8) is 0 Å². The van der Waals surface area contributed by atoms with E-state index in [-0.39, 0.29) is 23.5 Å². The van der Waals surface area contributed by atoms with Gasteiger partial charge in [0.1, 0.15) is 6.04 Å². The summed E-state index contributed by atoms with van der Waals surface area (Å²) in [5.74, 6) is -3.01. The molecule has 4 unspecified atom stereocenters. The Bertz CT molecular complexity index is 1160. The van der Waals surface area contributed by atoms with Gasteiger partial charge in [0.05, 0.1) is 13.0 Å². The number of rotatable bonds is 10. The number of carbonyl (C=O) groups is 6. The highest BCUT2D eigenvalue weighted by atomic mass is 16.6. The van der Waals surface area contributed by atoms with E-state index < -0.39 is 66.3 Å². The number of Topliss-reactive ketones (excluding diaryl/α,β-unsaturated/α-hetero) is 1. The van der Waals surface area contributed by atoms with Gasteiger partial charge in [-0.25, -0.2) is 4.79 Å². The number of ether oxygens (including phenoxy) is 2. The molecular weight excluding hydrogens is 534 g/mol. The fourth-order valence-corrected chi connectivity index (χ4v) is 8.49. The molecule has 0 radical (unpaired) electrons. The molecule has 0 aromatic rings. The molecular formula is C30H41NO10. The van der Waals surface area contributed by atoms with Gasteiger partial charge in [-0.2, -0.15) is 0 Å². The third-order valence-electron chi connectivity index (χ3n) is 10.6. The number of esters is 2. The molecule has 3 saturated carbocycles. The largest absolute Gasteiger partial charge is 0.480 e. The smallest absolute Gasteiger partial charge is 0.328 e. The quantitative estimate of drug-likeness (QED) is 0.328. The molecule has 4 aliphatic rings. The fraction of sp³-hybridized carbons (Fsp3) is 0.733. The number of allylic oxidation sites excluding steroid dienone is 1. The van der Waals surface area contributed by atoms with E-state index in [4.69, 9.17) is 19.7 Å². The number of ketones is 2. The molecule has 11 nitrogen and oxygen atoms in total. The second kappa shape index (κ2) is 11.7. The van der Waals surface area contributed by atoms with Crippen molar-refractivity contribution in [2.24, 2.45) is 28.6 Å². The second-order valence-electron chi connectivity index (χ2n) is 12.6. The lowest BCUT2D eigenvalue weighted by Gasteiger charge is -2.59. The lowest BCUT2D eigenvalue weighted by Crippen LogP contribution is -2.59. The van der Waals surface area contributed by atoms with Crippen molar-refractivity contribution in [1.82, 2.24) is 5.32 Å². The molecule has 0 aromatic carbocycles. The summed E-state index contributed by atoms with van der Waals surface area (Å²) in [5.41, 5.74) is -0.865. The van der Waals surface area contributed by atoms with Crippen LogP contribution in [0.15, 0.2) is 11.6 Å². The van der Waals surface area contributed by atoms with Gasteiger partial charge in [0.25, 0.3) is 0 Å². The third-order valence-corrected chi connectivity index (χ3v) is 10.6. The van der Waals surface area contributed by atoms with Crippen molar-refractivity contribution in [2.45, 2.75) is 96.6 Å². The van der Waals surface area contributed by atoms with Crippen LogP contribution in [0.25, 0.3) is 0 Å². The molecule has 41 heavy (non-hydrogen) atoms. The summed E-state index contributed by atoms with van der Waals surface area (Å²) in [6.07, 6.45) is 6.78. The first-order valence-electron chi connectivity index (χ1n) is 14.5. The van der Waals surface area contributed by atoms with Crippen LogP contribution >= 0.6 is 0 Å². The van der Waals surface area contributed by atoms with Gasteiger partial charge in [0.15, 0.2) is 18.0 Å². The highest BCUT2D eigenvalue weighted by Gasteiger charge is 2.68. The van der Waals surface area contributed by atoms with Crippen molar-refractivity contribution in [3.05, 3.63) is 11.6 Å². The van der Waals surface area contributed by atoms with Crippen LogP contribution in [-0.2, 0) is 38.2 Å². The van der Waals surface area contributed by atoms with Gasteiger partial charge in [-0.05, 0) is 74.2 Å². The van der Waals surface area contributed by atoms with E-state index in [1.165, 1.54) is 12.5 Å². The van der Waals surface area contributed by atoms with Crippen LogP contribution in [0.5, 0.6) is 0 Å². The molecule has 0 bridgehead atoms. The van der Waals surface area contributed by atoms with E-state index in [0.717, 1.165) is 25.7 Å². The molecule has 4 aliphatic carbocycles. The summed E-state index contributed by atoms with van der Waals surface area (Å²) < 4.78 is 11.1. The van der Waals surface area contributed by atoms with Crippen LogP contribution in [0, 0.1) is 28.6 Å². The van der Waals surface area contributed by atoms with Crippen molar-refractivity contribution < 1.29 is 48.5 Å². The highest BCUT2D eigenvalue weighted by Crippen LogP contribution is 2.68. The number of aliphatic carboxylic acids is 1. The zero-order chi connectivity index (χ0) is 30.2. The van der Waals surface area contributed by atoms with Crippen molar-refractivity contribution >= 4 is 35.4 Å². The van der Waals surface area contributed by atoms with Crippen molar-refractivity contribution in [2.75, 3.05) is 13.2 Å². The van der Waals surface area contributed by atoms with Gasteiger partial charge in [-0.3, -0.25) is 24.0 Å². The predicted molar refractivity (Wildman–Crippen MR) is 143 cm³/mol. The molecule has 0 aliphatic heterocycles. The molecule has 1 amide bonds. The van der Waals surface area contributed by atoms with Gasteiger partial charge in [-0.1, -0.05) is 19.4 Å². The number of amides is 1. The SMILES string of the molecule is CC(=O)O[C@]1(C(=O)COC(=O)CCC(=O)NC(CO)C(=O)O)CCC2C3CCC4=CC(=O)CC[C@]4(C)C3CC[C@@]21C. The Labute approximate surface area is 239 Å². The lowest BCUT2D eigenvalue weighted by atomic mass is 9.46. The Kier molecular flexibility index (Phi) is 8.78. The molecule has 0 saturated heterocycles. The summed E-state index contributed by atoms with van der Waals surface area (Å²) in [6, 6.07) is -1.48. The maximum atomic E-state index is 13.8.